The number of benzene rings is 1. The number of rotatable bonds is 9. The number of methoxy groups -OCH3 is 1. The molecule has 1 heterocycles. The van der Waals surface area contributed by atoms with Crippen molar-refractivity contribution < 1.29 is 14.3 Å². The maximum atomic E-state index is 10.6. The van der Waals surface area contributed by atoms with Gasteiger partial charge >= 0.3 is 0 Å². The van der Waals surface area contributed by atoms with E-state index in [9.17, 15) is 5.11 Å². The molecule has 1 aromatic carbocycles. The van der Waals surface area contributed by atoms with E-state index in [2.05, 4.69) is 32.7 Å². The van der Waals surface area contributed by atoms with Crippen molar-refractivity contribution in [2.45, 2.75) is 25.5 Å². The van der Waals surface area contributed by atoms with E-state index in [1.165, 1.54) is 5.56 Å². The Bertz CT molecular complexity index is 731. The van der Waals surface area contributed by atoms with Crippen LogP contribution in [-0.4, -0.2) is 56.8 Å². The van der Waals surface area contributed by atoms with Gasteiger partial charge in [-0.1, -0.05) is 12.1 Å². The topological polar surface area (TPSA) is 82.3 Å². The standard InChI is InChI=1S/C21H32N4O3.HI/c1-6-22-20(24-15-21(2,26)19-8-7-13-28-19)23-14-18(25(3)4)16-9-11-17(27-5)12-10-16;/h7-13,18,26H,6,14-15H2,1-5H3,(H2,22,23,24);1H. The molecule has 162 valence electrons. The molecule has 0 bridgehead atoms. The first kappa shape index (κ1) is 25.3. The smallest absolute Gasteiger partial charge is 0.191 e. The Hall–Kier alpha value is -1.78. The highest BCUT2D eigenvalue weighted by Gasteiger charge is 2.26. The van der Waals surface area contributed by atoms with E-state index >= 15 is 0 Å². The van der Waals surface area contributed by atoms with E-state index in [0.717, 1.165) is 12.3 Å². The zero-order chi connectivity index (χ0) is 20.6. The predicted octanol–water partition coefficient (Wildman–Crippen LogP) is 2.97. The van der Waals surface area contributed by atoms with Gasteiger partial charge in [-0.2, -0.15) is 0 Å². The van der Waals surface area contributed by atoms with Gasteiger partial charge in [-0.3, -0.25) is 0 Å². The Kier molecular flexibility index (Phi) is 10.5. The third kappa shape index (κ3) is 7.52. The van der Waals surface area contributed by atoms with Gasteiger partial charge < -0.3 is 29.8 Å². The summed E-state index contributed by atoms with van der Waals surface area (Å²) >= 11 is 0. The summed E-state index contributed by atoms with van der Waals surface area (Å²) in [4.78, 5) is 6.69. The second-order valence-corrected chi connectivity index (χ2v) is 7.08. The van der Waals surface area contributed by atoms with Gasteiger partial charge in [0, 0.05) is 13.1 Å². The van der Waals surface area contributed by atoms with Gasteiger partial charge in [0.2, 0.25) is 0 Å². The highest BCUT2D eigenvalue weighted by molar-refractivity contribution is 14.0. The molecule has 0 spiro atoms. The fourth-order valence-corrected chi connectivity index (χ4v) is 2.86. The van der Waals surface area contributed by atoms with Crippen molar-refractivity contribution in [2.24, 2.45) is 4.99 Å². The van der Waals surface area contributed by atoms with Crippen molar-refractivity contribution in [3.8, 4) is 5.75 Å². The molecule has 2 rings (SSSR count). The van der Waals surface area contributed by atoms with Gasteiger partial charge in [0.25, 0.3) is 0 Å². The first-order chi connectivity index (χ1) is 13.4. The van der Waals surface area contributed by atoms with Crippen LogP contribution in [0, 0.1) is 0 Å². The Balaban J connectivity index is 0.00000420. The lowest BCUT2D eigenvalue weighted by atomic mass is 10.0. The largest absolute Gasteiger partial charge is 0.497 e. The number of halogens is 1. The van der Waals surface area contributed by atoms with Crippen LogP contribution in [0.1, 0.15) is 31.2 Å². The van der Waals surface area contributed by atoms with E-state index in [1.807, 2.05) is 33.2 Å². The van der Waals surface area contributed by atoms with Crippen molar-refractivity contribution in [1.29, 1.82) is 0 Å². The fraction of sp³-hybridized carbons (Fsp3) is 0.476. The summed E-state index contributed by atoms with van der Waals surface area (Å²) in [6, 6.07) is 11.7. The van der Waals surface area contributed by atoms with Crippen molar-refractivity contribution >= 4 is 29.9 Å². The van der Waals surface area contributed by atoms with Gasteiger partial charge in [0.05, 0.1) is 26.0 Å². The lowest BCUT2D eigenvalue weighted by Crippen LogP contribution is -2.42. The Morgan fingerprint density at radius 2 is 1.93 bits per heavy atom. The van der Waals surface area contributed by atoms with Gasteiger partial charge in [0.1, 0.15) is 17.1 Å². The number of furan rings is 1. The SMILES string of the molecule is CCNC(=NCC(C)(O)c1ccco1)NCC(c1ccc(OC)cc1)N(C)C.I. The first-order valence-electron chi connectivity index (χ1n) is 9.46. The third-order valence-electron chi connectivity index (χ3n) is 4.53. The zero-order valence-corrected chi connectivity index (χ0v) is 20.1. The maximum Gasteiger partial charge on any atom is 0.191 e. The molecule has 2 atom stereocenters. The van der Waals surface area contributed by atoms with Crippen LogP contribution in [0.2, 0.25) is 0 Å². The first-order valence-corrected chi connectivity index (χ1v) is 9.46. The monoisotopic (exact) mass is 516 g/mol. The molecule has 0 saturated carbocycles. The highest BCUT2D eigenvalue weighted by atomic mass is 127. The molecule has 1 aromatic heterocycles. The molecule has 3 N–H and O–H groups in total. The molecule has 2 aromatic rings. The van der Waals surface area contributed by atoms with Gasteiger partial charge in [-0.05, 0) is 57.8 Å². The molecule has 0 aliphatic rings. The Labute approximate surface area is 190 Å². The van der Waals surface area contributed by atoms with Gasteiger partial charge in [-0.15, -0.1) is 24.0 Å². The number of guanidine groups is 1. The summed E-state index contributed by atoms with van der Waals surface area (Å²) in [5, 5.41) is 17.2. The van der Waals surface area contributed by atoms with Crippen LogP contribution in [0.25, 0.3) is 0 Å². The number of nitrogens with zero attached hydrogens (tertiary/aromatic N) is 2. The molecule has 8 heteroatoms. The lowest BCUT2D eigenvalue weighted by Gasteiger charge is -2.26. The van der Waals surface area contributed by atoms with Crippen LogP contribution in [0.3, 0.4) is 0 Å². The minimum Gasteiger partial charge on any atom is -0.497 e. The number of aliphatic imine (C=N–C) groups is 1. The molecule has 0 fully saturated rings. The predicted molar refractivity (Wildman–Crippen MR) is 127 cm³/mol. The second-order valence-electron chi connectivity index (χ2n) is 7.08. The average Bonchev–Trinajstić information content (AvgIpc) is 3.22. The molecule has 0 aliphatic heterocycles. The molecular formula is C21H33IN4O3. The molecule has 0 radical (unpaired) electrons. The quantitative estimate of drug-likeness (QED) is 0.270. The Morgan fingerprint density at radius 3 is 2.45 bits per heavy atom. The summed E-state index contributed by atoms with van der Waals surface area (Å²) in [5.41, 5.74) is 0.0136. The van der Waals surface area contributed by atoms with Gasteiger partial charge in [-0.25, -0.2) is 4.99 Å². The summed E-state index contributed by atoms with van der Waals surface area (Å²) in [5.74, 6) is 1.98. The van der Waals surface area contributed by atoms with Crippen molar-refractivity contribution in [3.63, 3.8) is 0 Å². The summed E-state index contributed by atoms with van der Waals surface area (Å²) in [6.45, 7) is 5.27. The number of nitrogens with one attached hydrogen (secondary N) is 2. The minimum absolute atomic E-state index is 0. The molecule has 29 heavy (non-hydrogen) atoms. The molecular weight excluding hydrogens is 483 g/mol. The molecule has 7 nitrogen and oxygen atoms in total. The number of ether oxygens (including phenoxy) is 1. The van der Waals surface area contributed by atoms with Crippen LogP contribution in [-0.2, 0) is 5.60 Å². The van der Waals surface area contributed by atoms with E-state index in [1.54, 1.807) is 32.4 Å². The average molecular weight is 516 g/mol. The van der Waals surface area contributed by atoms with E-state index in [0.29, 0.717) is 18.3 Å². The maximum absolute atomic E-state index is 10.6. The van der Waals surface area contributed by atoms with Crippen LogP contribution in [0.5, 0.6) is 5.75 Å². The van der Waals surface area contributed by atoms with E-state index in [-0.39, 0.29) is 36.6 Å². The van der Waals surface area contributed by atoms with Crippen LogP contribution < -0.4 is 15.4 Å². The number of likely N-dealkylation sites (N-methyl/N-ethyl adjacent to an activating group) is 1. The molecule has 2 unspecified atom stereocenters. The number of aliphatic hydroxyl groups is 1. The van der Waals surface area contributed by atoms with Crippen molar-refractivity contribution in [2.75, 3.05) is 40.8 Å². The third-order valence-corrected chi connectivity index (χ3v) is 4.53. The molecule has 0 aliphatic carbocycles. The Morgan fingerprint density at radius 1 is 1.24 bits per heavy atom. The van der Waals surface area contributed by atoms with E-state index < -0.39 is 5.60 Å². The fourth-order valence-electron chi connectivity index (χ4n) is 2.86. The van der Waals surface area contributed by atoms with Crippen LogP contribution in [0.4, 0.5) is 0 Å². The highest BCUT2D eigenvalue weighted by Crippen LogP contribution is 2.22. The van der Waals surface area contributed by atoms with Crippen LogP contribution in [0.15, 0.2) is 52.1 Å². The summed E-state index contributed by atoms with van der Waals surface area (Å²) in [7, 11) is 5.75. The van der Waals surface area contributed by atoms with Crippen molar-refractivity contribution in [1.82, 2.24) is 15.5 Å². The summed E-state index contributed by atoms with van der Waals surface area (Å²) < 4.78 is 10.6. The molecule has 0 saturated heterocycles. The second kappa shape index (κ2) is 12.0. The molecule has 0 amide bonds. The summed E-state index contributed by atoms with van der Waals surface area (Å²) in [6.07, 6.45) is 1.55. The number of hydrogen-bond acceptors (Lipinski definition) is 5. The minimum atomic E-state index is -1.16. The lowest BCUT2D eigenvalue weighted by molar-refractivity contribution is 0.0437. The van der Waals surface area contributed by atoms with Crippen LogP contribution >= 0.6 is 24.0 Å². The van der Waals surface area contributed by atoms with Gasteiger partial charge in [0.15, 0.2) is 5.96 Å². The normalized spacial score (nSPS) is 14.7. The van der Waals surface area contributed by atoms with Crippen molar-refractivity contribution in [3.05, 3.63) is 54.0 Å². The zero-order valence-electron chi connectivity index (χ0n) is 17.8. The number of hydrogen-bond donors (Lipinski definition) is 3. The van der Waals surface area contributed by atoms with E-state index in [4.69, 9.17) is 9.15 Å².